The molecular formula is C12H10ClNO. The van der Waals surface area contributed by atoms with Crippen LogP contribution in [0.1, 0.15) is 0 Å². The molecule has 1 heterocycles. The van der Waals surface area contributed by atoms with Crippen LogP contribution in [0, 0.1) is 0 Å². The van der Waals surface area contributed by atoms with Crippen molar-refractivity contribution in [3.8, 4) is 17.0 Å². The molecule has 0 saturated carbocycles. The third-order valence-corrected chi connectivity index (χ3v) is 2.42. The first kappa shape index (κ1) is 9.99. The average Bonchev–Trinajstić information content (AvgIpc) is 2.31. The maximum absolute atomic E-state index is 5.94. The first-order chi connectivity index (χ1) is 7.31. The van der Waals surface area contributed by atoms with Gasteiger partial charge < -0.3 is 4.74 Å². The molecule has 0 aliphatic heterocycles. The van der Waals surface area contributed by atoms with E-state index in [0.29, 0.717) is 10.8 Å². The summed E-state index contributed by atoms with van der Waals surface area (Å²) in [6.45, 7) is 0. The van der Waals surface area contributed by atoms with Crippen LogP contribution >= 0.6 is 11.6 Å². The van der Waals surface area contributed by atoms with Gasteiger partial charge in [0.15, 0.2) is 0 Å². The number of methoxy groups -OCH3 is 1. The topological polar surface area (TPSA) is 22.1 Å². The number of hydrogen-bond donors (Lipinski definition) is 0. The fraction of sp³-hybridized carbons (Fsp3) is 0.0833. The molecule has 0 fully saturated rings. The van der Waals surface area contributed by atoms with Crippen LogP contribution in [0.25, 0.3) is 11.3 Å². The molecule has 0 aliphatic rings. The Kier molecular flexibility index (Phi) is 2.88. The second kappa shape index (κ2) is 4.32. The highest BCUT2D eigenvalue weighted by Crippen LogP contribution is 2.29. The molecule has 0 amide bonds. The molecule has 0 atom stereocenters. The van der Waals surface area contributed by atoms with Crippen molar-refractivity contribution in [2.45, 2.75) is 0 Å². The summed E-state index contributed by atoms with van der Waals surface area (Å²) >= 11 is 5.94. The Labute approximate surface area is 93.5 Å². The van der Waals surface area contributed by atoms with Crippen molar-refractivity contribution in [1.29, 1.82) is 0 Å². The zero-order valence-corrected chi connectivity index (χ0v) is 9.03. The first-order valence-corrected chi connectivity index (χ1v) is 4.94. The summed E-state index contributed by atoms with van der Waals surface area (Å²) in [5.41, 5.74) is 1.91. The lowest BCUT2D eigenvalue weighted by molar-refractivity contribution is 0.415. The maximum atomic E-state index is 5.94. The highest BCUT2D eigenvalue weighted by molar-refractivity contribution is 6.32. The van der Waals surface area contributed by atoms with Crippen molar-refractivity contribution in [2.24, 2.45) is 0 Å². The Morgan fingerprint density at radius 2 is 2.07 bits per heavy atom. The van der Waals surface area contributed by atoms with Gasteiger partial charge in [-0.3, -0.25) is 4.98 Å². The third kappa shape index (κ3) is 2.10. The molecule has 76 valence electrons. The lowest BCUT2D eigenvalue weighted by Gasteiger charge is -2.05. The van der Waals surface area contributed by atoms with E-state index in [1.807, 2.05) is 36.4 Å². The summed E-state index contributed by atoms with van der Waals surface area (Å²) in [4.78, 5) is 4.26. The van der Waals surface area contributed by atoms with Gasteiger partial charge in [-0.25, -0.2) is 0 Å². The molecule has 2 nitrogen and oxygen atoms in total. The average molecular weight is 220 g/mol. The van der Waals surface area contributed by atoms with Crippen molar-refractivity contribution >= 4 is 11.6 Å². The molecule has 15 heavy (non-hydrogen) atoms. The minimum atomic E-state index is 0.609. The molecule has 0 unspecified atom stereocenters. The molecule has 1 aromatic carbocycles. The quantitative estimate of drug-likeness (QED) is 0.772. The summed E-state index contributed by atoms with van der Waals surface area (Å²) in [5, 5.41) is 0.609. The van der Waals surface area contributed by atoms with Crippen molar-refractivity contribution in [3.05, 3.63) is 47.6 Å². The molecule has 2 aromatic rings. The molecule has 0 N–H and O–H groups in total. The molecule has 0 saturated heterocycles. The maximum Gasteiger partial charge on any atom is 0.138 e. The van der Waals surface area contributed by atoms with E-state index in [-0.39, 0.29) is 0 Å². The van der Waals surface area contributed by atoms with Gasteiger partial charge in [-0.1, -0.05) is 23.7 Å². The number of pyridine rings is 1. The first-order valence-electron chi connectivity index (χ1n) is 4.56. The van der Waals surface area contributed by atoms with E-state index >= 15 is 0 Å². The number of ether oxygens (including phenoxy) is 1. The largest absolute Gasteiger partial charge is 0.495 e. The van der Waals surface area contributed by atoms with Gasteiger partial charge in [-0.05, 0) is 24.3 Å². The Morgan fingerprint density at radius 1 is 1.20 bits per heavy atom. The molecule has 0 spiro atoms. The SMILES string of the molecule is COc1cc(-c2ccccn2)ccc1Cl. The second-order valence-corrected chi connectivity index (χ2v) is 3.47. The van der Waals surface area contributed by atoms with Crippen molar-refractivity contribution in [3.63, 3.8) is 0 Å². The molecule has 0 aliphatic carbocycles. The van der Waals surface area contributed by atoms with Gasteiger partial charge in [0, 0.05) is 11.8 Å². The molecule has 3 heteroatoms. The zero-order chi connectivity index (χ0) is 10.7. The van der Waals surface area contributed by atoms with Gasteiger partial charge in [-0.15, -0.1) is 0 Å². The van der Waals surface area contributed by atoms with Crippen LogP contribution in [0.2, 0.25) is 5.02 Å². The monoisotopic (exact) mass is 219 g/mol. The van der Waals surface area contributed by atoms with E-state index in [2.05, 4.69) is 4.98 Å². The van der Waals surface area contributed by atoms with Gasteiger partial charge in [0.2, 0.25) is 0 Å². The van der Waals surface area contributed by atoms with Crippen molar-refractivity contribution in [2.75, 3.05) is 7.11 Å². The van der Waals surface area contributed by atoms with E-state index in [9.17, 15) is 0 Å². The Hall–Kier alpha value is -1.54. The van der Waals surface area contributed by atoms with Crippen molar-refractivity contribution < 1.29 is 4.74 Å². The van der Waals surface area contributed by atoms with Crippen LogP contribution in [-0.2, 0) is 0 Å². The predicted octanol–water partition coefficient (Wildman–Crippen LogP) is 3.41. The van der Waals surface area contributed by atoms with Gasteiger partial charge in [0.1, 0.15) is 5.75 Å². The molecule has 0 bridgehead atoms. The zero-order valence-electron chi connectivity index (χ0n) is 8.27. The standard InChI is InChI=1S/C12H10ClNO/c1-15-12-8-9(5-6-10(12)13)11-4-2-3-7-14-11/h2-8H,1H3. The van der Waals surface area contributed by atoms with E-state index in [1.54, 1.807) is 13.3 Å². The fourth-order valence-corrected chi connectivity index (χ4v) is 1.55. The predicted molar refractivity (Wildman–Crippen MR) is 61.2 cm³/mol. The normalized spacial score (nSPS) is 10.0. The van der Waals surface area contributed by atoms with Gasteiger partial charge in [0.25, 0.3) is 0 Å². The summed E-state index contributed by atoms with van der Waals surface area (Å²) in [6, 6.07) is 11.4. The number of aromatic nitrogens is 1. The van der Waals surface area contributed by atoms with Crippen LogP contribution in [0.4, 0.5) is 0 Å². The van der Waals surface area contributed by atoms with Crippen LogP contribution in [0.3, 0.4) is 0 Å². The minimum Gasteiger partial charge on any atom is -0.495 e. The molecule has 1 aromatic heterocycles. The van der Waals surface area contributed by atoms with E-state index in [1.165, 1.54) is 0 Å². The third-order valence-electron chi connectivity index (χ3n) is 2.11. The van der Waals surface area contributed by atoms with E-state index in [0.717, 1.165) is 11.3 Å². The van der Waals surface area contributed by atoms with E-state index < -0.39 is 0 Å². The van der Waals surface area contributed by atoms with Crippen molar-refractivity contribution in [1.82, 2.24) is 4.98 Å². The number of hydrogen-bond acceptors (Lipinski definition) is 2. The fourth-order valence-electron chi connectivity index (χ4n) is 1.35. The molecular weight excluding hydrogens is 210 g/mol. The highest BCUT2D eigenvalue weighted by Gasteiger charge is 2.03. The lowest BCUT2D eigenvalue weighted by Crippen LogP contribution is -1.86. The smallest absolute Gasteiger partial charge is 0.138 e. The highest BCUT2D eigenvalue weighted by atomic mass is 35.5. The van der Waals surface area contributed by atoms with Crippen LogP contribution in [0.5, 0.6) is 5.75 Å². The summed E-state index contributed by atoms with van der Waals surface area (Å²) in [6.07, 6.45) is 1.76. The van der Waals surface area contributed by atoms with Crippen LogP contribution in [-0.4, -0.2) is 12.1 Å². The van der Waals surface area contributed by atoms with Crippen LogP contribution in [0.15, 0.2) is 42.6 Å². The van der Waals surface area contributed by atoms with Gasteiger partial charge in [0.05, 0.1) is 17.8 Å². The lowest BCUT2D eigenvalue weighted by atomic mass is 10.1. The van der Waals surface area contributed by atoms with Gasteiger partial charge >= 0.3 is 0 Å². The number of halogens is 1. The Balaban J connectivity index is 2.46. The molecule has 0 radical (unpaired) electrons. The Bertz CT molecular complexity index is 456. The summed E-state index contributed by atoms with van der Waals surface area (Å²) in [5.74, 6) is 0.666. The number of nitrogens with zero attached hydrogens (tertiary/aromatic N) is 1. The second-order valence-electron chi connectivity index (χ2n) is 3.06. The number of rotatable bonds is 2. The Morgan fingerprint density at radius 3 is 2.73 bits per heavy atom. The number of benzene rings is 1. The van der Waals surface area contributed by atoms with E-state index in [4.69, 9.17) is 16.3 Å². The minimum absolute atomic E-state index is 0.609. The summed E-state index contributed by atoms with van der Waals surface area (Å²) in [7, 11) is 1.60. The van der Waals surface area contributed by atoms with Crippen LogP contribution < -0.4 is 4.74 Å². The molecule has 2 rings (SSSR count). The summed E-state index contributed by atoms with van der Waals surface area (Å²) < 4.78 is 5.15. The van der Waals surface area contributed by atoms with Gasteiger partial charge in [-0.2, -0.15) is 0 Å².